The molecule has 1 heterocycles. The quantitative estimate of drug-likeness (QED) is 0.801. The van der Waals surface area contributed by atoms with Gasteiger partial charge < -0.3 is 5.32 Å². The number of hydrogen-bond acceptors (Lipinski definition) is 4. The zero-order valence-electron chi connectivity index (χ0n) is 13.6. The second-order valence-electron chi connectivity index (χ2n) is 6.02. The smallest absolute Gasteiger partial charge is 0.244 e. The van der Waals surface area contributed by atoms with E-state index in [1.54, 1.807) is 16.4 Å². The van der Waals surface area contributed by atoms with Gasteiger partial charge in [0.2, 0.25) is 10.0 Å². The van der Waals surface area contributed by atoms with E-state index < -0.39 is 10.0 Å². The van der Waals surface area contributed by atoms with E-state index in [-0.39, 0.29) is 16.7 Å². The number of nitrogens with zero attached hydrogens (tertiary/aromatic N) is 2. The standard InChI is InChI=1S/C15H27N3O2S/c1-6-16-15-8-7-14(9-17-15)21(19,20)18(10-12(2)3)11-13(4)5/h7-9,12-13H,6,10-11H2,1-5H3,(H,16,17). The molecule has 6 heteroatoms. The van der Waals surface area contributed by atoms with Gasteiger partial charge in [-0.2, -0.15) is 4.31 Å². The highest BCUT2D eigenvalue weighted by molar-refractivity contribution is 7.89. The number of anilines is 1. The lowest BCUT2D eigenvalue weighted by Gasteiger charge is -2.25. The third-order valence-corrected chi connectivity index (χ3v) is 4.68. The van der Waals surface area contributed by atoms with E-state index in [4.69, 9.17) is 0 Å². The van der Waals surface area contributed by atoms with Crippen molar-refractivity contribution in [1.29, 1.82) is 0 Å². The van der Waals surface area contributed by atoms with Crippen LogP contribution in [0.1, 0.15) is 34.6 Å². The molecule has 1 aromatic heterocycles. The molecule has 21 heavy (non-hydrogen) atoms. The van der Waals surface area contributed by atoms with Crippen molar-refractivity contribution in [2.75, 3.05) is 25.0 Å². The van der Waals surface area contributed by atoms with Crippen molar-refractivity contribution in [2.24, 2.45) is 11.8 Å². The summed E-state index contributed by atoms with van der Waals surface area (Å²) < 4.78 is 27.0. The van der Waals surface area contributed by atoms with Gasteiger partial charge >= 0.3 is 0 Å². The Balaban J connectivity index is 3.03. The molecule has 0 amide bonds. The van der Waals surface area contributed by atoms with Gasteiger partial charge in [-0.1, -0.05) is 27.7 Å². The van der Waals surface area contributed by atoms with E-state index in [9.17, 15) is 8.42 Å². The molecule has 0 spiro atoms. The average molecular weight is 313 g/mol. The molecule has 0 bridgehead atoms. The van der Waals surface area contributed by atoms with Crippen molar-refractivity contribution in [2.45, 2.75) is 39.5 Å². The molecule has 0 aliphatic rings. The lowest BCUT2D eigenvalue weighted by atomic mass is 10.2. The van der Waals surface area contributed by atoms with E-state index in [1.807, 2.05) is 34.6 Å². The van der Waals surface area contributed by atoms with Crippen LogP contribution in [0, 0.1) is 11.8 Å². The first-order valence-corrected chi connectivity index (χ1v) is 8.91. The molecule has 0 radical (unpaired) electrons. The zero-order valence-corrected chi connectivity index (χ0v) is 14.4. The van der Waals surface area contributed by atoms with Crippen LogP contribution in [-0.4, -0.2) is 37.3 Å². The van der Waals surface area contributed by atoms with E-state index >= 15 is 0 Å². The fourth-order valence-corrected chi connectivity index (χ4v) is 3.77. The highest BCUT2D eigenvalue weighted by atomic mass is 32.2. The molecule has 1 N–H and O–H groups in total. The molecule has 5 nitrogen and oxygen atoms in total. The van der Waals surface area contributed by atoms with E-state index in [0.29, 0.717) is 18.9 Å². The number of rotatable bonds is 8. The summed E-state index contributed by atoms with van der Waals surface area (Å²) in [4.78, 5) is 4.41. The molecule has 1 aromatic rings. The van der Waals surface area contributed by atoms with Gasteiger partial charge in [-0.05, 0) is 30.9 Å². The molecule has 0 aliphatic carbocycles. The van der Waals surface area contributed by atoms with Crippen molar-refractivity contribution in [3.63, 3.8) is 0 Å². The zero-order chi connectivity index (χ0) is 16.0. The van der Waals surface area contributed by atoms with Crippen LogP contribution in [0.15, 0.2) is 23.2 Å². The van der Waals surface area contributed by atoms with Crippen molar-refractivity contribution in [3.05, 3.63) is 18.3 Å². The third kappa shape index (κ3) is 5.28. The lowest BCUT2D eigenvalue weighted by Crippen LogP contribution is -2.37. The van der Waals surface area contributed by atoms with Crippen LogP contribution in [-0.2, 0) is 10.0 Å². The summed E-state index contributed by atoms with van der Waals surface area (Å²) in [5.74, 6) is 1.26. The molecule has 0 saturated heterocycles. The van der Waals surface area contributed by atoms with Gasteiger partial charge in [0.15, 0.2) is 0 Å². The summed E-state index contributed by atoms with van der Waals surface area (Å²) in [6.45, 7) is 11.9. The second-order valence-corrected chi connectivity index (χ2v) is 7.96. The van der Waals surface area contributed by atoms with Gasteiger partial charge in [-0.3, -0.25) is 0 Å². The average Bonchev–Trinajstić information content (AvgIpc) is 2.38. The van der Waals surface area contributed by atoms with E-state index in [1.165, 1.54) is 6.20 Å². The maximum atomic E-state index is 12.7. The summed E-state index contributed by atoms with van der Waals surface area (Å²) in [5.41, 5.74) is 0. The Morgan fingerprint density at radius 3 is 2.10 bits per heavy atom. The van der Waals surface area contributed by atoms with Crippen LogP contribution in [0.2, 0.25) is 0 Å². The topological polar surface area (TPSA) is 62.3 Å². The minimum atomic E-state index is -3.48. The highest BCUT2D eigenvalue weighted by Crippen LogP contribution is 2.19. The molecule has 120 valence electrons. The minimum absolute atomic E-state index is 0.255. The number of pyridine rings is 1. The Labute approximate surface area is 128 Å². The molecule has 1 rings (SSSR count). The van der Waals surface area contributed by atoms with Gasteiger partial charge in [-0.15, -0.1) is 0 Å². The summed E-state index contributed by atoms with van der Waals surface area (Å²) >= 11 is 0. The summed E-state index contributed by atoms with van der Waals surface area (Å²) in [7, 11) is -3.48. The first-order chi connectivity index (χ1) is 9.77. The Bertz CT molecular complexity index is 514. The van der Waals surface area contributed by atoms with Gasteiger partial charge in [0.05, 0.1) is 0 Å². The molecule has 0 saturated carbocycles. The fraction of sp³-hybridized carbons (Fsp3) is 0.667. The summed E-state index contributed by atoms with van der Waals surface area (Å²) in [5, 5.41) is 3.06. The van der Waals surface area contributed by atoms with Crippen LogP contribution < -0.4 is 5.32 Å². The number of hydrogen-bond donors (Lipinski definition) is 1. The Hall–Kier alpha value is -1.14. The normalized spacial score (nSPS) is 12.4. The van der Waals surface area contributed by atoms with Gasteiger partial charge in [0.25, 0.3) is 0 Å². The number of nitrogens with one attached hydrogen (secondary N) is 1. The van der Waals surface area contributed by atoms with Crippen LogP contribution in [0.3, 0.4) is 0 Å². The van der Waals surface area contributed by atoms with Crippen LogP contribution in [0.5, 0.6) is 0 Å². The first kappa shape index (κ1) is 17.9. The molecular weight excluding hydrogens is 286 g/mol. The summed E-state index contributed by atoms with van der Waals surface area (Å²) in [6, 6.07) is 3.33. The first-order valence-electron chi connectivity index (χ1n) is 7.47. The molecule has 0 aromatic carbocycles. The van der Waals surface area contributed by atoms with Gasteiger partial charge in [0, 0.05) is 25.8 Å². The van der Waals surface area contributed by atoms with Crippen molar-refractivity contribution in [1.82, 2.24) is 9.29 Å². The predicted molar refractivity (Wildman–Crippen MR) is 86.8 cm³/mol. The lowest BCUT2D eigenvalue weighted by molar-refractivity contribution is 0.333. The Kier molecular flexibility index (Phi) is 6.61. The number of aromatic nitrogens is 1. The molecule has 0 aliphatic heterocycles. The molecular formula is C15H27N3O2S. The highest BCUT2D eigenvalue weighted by Gasteiger charge is 2.26. The van der Waals surface area contributed by atoms with Crippen molar-refractivity contribution < 1.29 is 8.42 Å². The predicted octanol–water partition coefficient (Wildman–Crippen LogP) is 2.82. The molecule has 0 unspecified atom stereocenters. The fourth-order valence-electron chi connectivity index (χ4n) is 2.05. The van der Waals surface area contributed by atoms with Crippen LogP contribution in [0.25, 0.3) is 0 Å². The maximum Gasteiger partial charge on any atom is 0.244 e. The van der Waals surface area contributed by atoms with Crippen LogP contribution in [0.4, 0.5) is 5.82 Å². The maximum absolute atomic E-state index is 12.7. The molecule has 0 fully saturated rings. The van der Waals surface area contributed by atoms with E-state index in [2.05, 4.69) is 10.3 Å². The second kappa shape index (κ2) is 7.75. The van der Waals surface area contributed by atoms with Crippen molar-refractivity contribution in [3.8, 4) is 0 Å². The number of sulfonamides is 1. The Morgan fingerprint density at radius 1 is 1.14 bits per heavy atom. The molecule has 0 atom stereocenters. The monoisotopic (exact) mass is 313 g/mol. The third-order valence-electron chi connectivity index (χ3n) is 2.87. The minimum Gasteiger partial charge on any atom is -0.370 e. The Morgan fingerprint density at radius 2 is 1.71 bits per heavy atom. The van der Waals surface area contributed by atoms with E-state index in [0.717, 1.165) is 6.54 Å². The van der Waals surface area contributed by atoms with Gasteiger partial charge in [-0.25, -0.2) is 13.4 Å². The van der Waals surface area contributed by atoms with Gasteiger partial charge in [0.1, 0.15) is 10.7 Å². The van der Waals surface area contributed by atoms with Crippen LogP contribution >= 0.6 is 0 Å². The largest absolute Gasteiger partial charge is 0.370 e. The van der Waals surface area contributed by atoms with Crippen molar-refractivity contribution >= 4 is 15.8 Å². The summed E-state index contributed by atoms with van der Waals surface area (Å²) in [6.07, 6.45) is 1.43. The SMILES string of the molecule is CCNc1ccc(S(=O)(=O)N(CC(C)C)CC(C)C)cn1.